The number of piperidine rings is 1. The fourth-order valence-corrected chi connectivity index (χ4v) is 4.34. The predicted molar refractivity (Wildman–Crippen MR) is 108 cm³/mol. The van der Waals surface area contributed by atoms with E-state index in [0.29, 0.717) is 19.6 Å². The van der Waals surface area contributed by atoms with Crippen LogP contribution in [0.5, 0.6) is 11.5 Å². The van der Waals surface area contributed by atoms with Gasteiger partial charge in [-0.05, 0) is 43.5 Å². The summed E-state index contributed by atoms with van der Waals surface area (Å²) < 4.78 is 11.8. The van der Waals surface area contributed by atoms with Crippen molar-refractivity contribution in [3.05, 3.63) is 59.7 Å². The number of rotatable bonds is 5. The second-order valence-corrected chi connectivity index (χ2v) is 7.86. The number of aliphatic hydroxyl groups excluding tert-OH is 2. The zero-order chi connectivity index (χ0) is 19.6. The number of para-hydroxylation sites is 1. The minimum Gasteiger partial charge on any atom is -0.494 e. The molecule has 1 spiro atoms. The molecule has 5 heteroatoms. The minimum absolute atomic E-state index is 0.297. The molecule has 0 saturated carbocycles. The van der Waals surface area contributed by atoms with E-state index in [1.165, 1.54) is 0 Å². The van der Waals surface area contributed by atoms with Gasteiger partial charge in [0, 0.05) is 31.6 Å². The number of hydrogen-bond acceptors (Lipinski definition) is 5. The first kappa shape index (κ1) is 19.2. The van der Waals surface area contributed by atoms with E-state index in [2.05, 4.69) is 4.90 Å². The summed E-state index contributed by atoms with van der Waals surface area (Å²) in [6.45, 7) is 4.90. The Labute approximate surface area is 166 Å². The van der Waals surface area contributed by atoms with Gasteiger partial charge >= 0.3 is 0 Å². The summed E-state index contributed by atoms with van der Waals surface area (Å²) in [5.41, 5.74) is 1.50. The summed E-state index contributed by atoms with van der Waals surface area (Å²) in [7, 11) is 0. The number of aliphatic hydroxyl groups is 2. The number of β-amino-alcohol motifs (C(OH)–C–C–N with tert-alkyl or cyclic N) is 1. The molecule has 0 radical (unpaired) electrons. The van der Waals surface area contributed by atoms with Crippen molar-refractivity contribution in [1.82, 2.24) is 4.90 Å². The van der Waals surface area contributed by atoms with Crippen molar-refractivity contribution < 1.29 is 19.7 Å². The van der Waals surface area contributed by atoms with Crippen LogP contribution in [0.3, 0.4) is 0 Å². The predicted octanol–water partition coefficient (Wildman–Crippen LogP) is 3.47. The van der Waals surface area contributed by atoms with Gasteiger partial charge in [0.2, 0.25) is 0 Å². The molecule has 2 heterocycles. The van der Waals surface area contributed by atoms with E-state index in [1.54, 1.807) is 0 Å². The number of ether oxygens (including phenoxy) is 2. The number of likely N-dealkylation sites (tertiary alicyclic amines) is 1. The third kappa shape index (κ3) is 4.02. The molecular weight excluding hydrogens is 354 g/mol. The molecule has 0 aliphatic carbocycles. The topological polar surface area (TPSA) is 62.2 Å². The lowest BCUT2D eigenvalue weighted by Gasteiger charge is -2.46. The van der Waals surface area contributed by atoms with Crippen molar-refractivity contribution >= 4 is 0 Å². The Hall–Kier alpha value is -2.08. The van der Waals surface area contributed by atoms with Gasteiger partial charge in [-0.1, -0.05) is 30.3 Å². The Morgan fingerprint density at radius 3 is 2.57 bits per heavy atom. The Balaban J connectivity index is 1.34. The van der Waals surface area contributed by atoms with E-state index < -0.39 is 12.2 Å². The first-order chi connectivity index (χ1) is 13.6. The summed E-state index contributed by atoms with van der Waals surface area (Å²) in [6, 6.07) is 15.4. The molecule has 0 bridgehead atoms. The van der Waals surface area contributed by atoms with Crippen LogP contribution in [0, 0.1) is 0 Å². The Morgan fingerprint density at radius 1 is 1.14 bits per heavy atom. The molecule has 5 nitrogen and oxygen atoms in total. The SMILES string of the molecule is CCOc1ccc([C@@H](O)CN2CCC3(CC2)C[C@H](O)c2ccccc2O3)cc1. The lowest BCUT2D eigenvalue weighted by Crippen LogP contribution is -2.51. The molecule has 4 rings (SSSR count). The normalized spacial score (nSPS) is 22.3. The van der Waals surface area contributed by atoms with Crippen LogP contribution in [-0.2, 0) is 0 Å². The highest BCUT2D eigenvalue weighted by Crippen LogP contribution is 2.44. The molecule has 2 aromatic rings. The third-order valence-corrected chi connectivity index (χ3v) is 5.94. The van der Waals surface area contributed by atoms with Gasteiger partial charge in [0.05, 0.1) is 18.8 Å². The van der Waals surface area contributed by atoms with E-state index in [9.17, 15) is 10.2 Å². The fraction of sp³-hybridized carbons (Fsp3) is 0.478. The van der Waals surface area contributed by atoms with Gasteiger partial charge in [0.1, 0.15) is 17.1 Å². The summed E-state index contributed by atoms with van der Waals surface area (Å²) in [6.07, 6.45) is 1.36. The van der Waals surface area contributed by atoms with E-state index in [4.69, 9.17) is 9.47 Å². The second kappa shape index (κ2) is 8.11. The Morgan fingerprint density at radius 2 is 1.86 bits per heavy atom. The highest BCUT2D eigenvalue weighted by atomic mass is 16.5. The average molecular weight is 383 g/mol. The van der Waals surface area contributed by atoms with Crippen molar-refractivity contribution in [2.24, 2.45) is 0 Å². The van der Waals surface area contributed by atoms with Gasteiger partial charge in [-0.3, -0.25) is 0 Å². The van der Waals surface area contributed by atoms with E-state index in [1.807, 2.05) is 55.5 Å². The van der Waals surface area contributed by atoms with Crippen molar-refractivity contribution in [2.75, 3.05) is 26.2 Å². The van der Waals surface area contributed by atoms with Crippen LogP contribution in [0.4, 0.5) is 0 Å². The molecule has 1 fully saturated rings. The summed E-state index contributed by atoms with van der Waals surface area (Å²) >= 11 is 0. The monoisotopic (exact) mass is 383 g/mol. The first-order valence-electron chi connectivity index (χ1n) is 10.2. The molecule has 2 aliphatic rings. The molecule has 0 aromatic heterocycles. The minimum atomic E-state index is -0.525. The van der Waals surface area contributed by atoms with E-state index in [0.717, 1.165) is 48.6 Å². The lowest BCUT2D eigenvalue weighted by atomic mass is 9.81. The molecular formula is C23H29NO4. The van der Waals surface area contributed by atoms with Gasteiger partial charge in [-0.15, -0.1) is 0 Å². The van der Waals surface area contributed by atoms with Gasteiger partial charge in [-0.2, -0.15) is 0 Å². The fourth-order valence-electron chi connectivity index (χ4n) is 4.34. The van der Waals surface area contributed by atoms with Crippen LogP contribution in [0.15, 0.2) is 48.5 Å². The maximum atomic E-state index is 10.6. The zero-order valence-corrected chi connectivity index (χ0v) is 16.4. The molecule has 1 saturated heterocycles. The summed E-state index contributed by atoms with van der Waals surface area (Å²) in [4.78, 5) is 2.28. The van der Waals surface area contributed by atoms with Gasteiger partial charge in [0.25, 0.3) is 0 Å². The zero-order valence-electron chi connectivity index (χ0n) is 16.4. The van der Waals surface area contributed by atoms with Gasteiger partial charge in [0.15, 0.2) is 0 Å². The molecule has 0 amide bonds. The molecule has 2 N–H and O–H groups in total. The number of fused-ring (bicyclic) bond motifs is 1. The van der Waals surface area contributed by atoms with Crippen LogP contribution in [0.2, 0.25) is 0 Å². The molecule has 2 aromatic carbocycles. The quantitative estimate of drug-likeness (QED) is 0.828. The summed E-state index contributed by atoms with van der Waals surface area (Å²) in [5.74, 6) is 1.63. The second-order valence-electron chi connectivity index (χ2n) is 7.86. The Bertz CT molecular complexity index is 783. The number of nitrogens with zero attached hydrogens (tertiary/aromatic N) is 1. The number of hydrogen-bond donors (Lipinski definition) is 2. The largest absolute Gasteiger partial charge is 0.494 e. The van der Waals surface area contributed by atoms with Crippen LogP contribution < -0.4 is 9.47 Å². The average Bonchev–Trinajstić information content (AvgIpc) is 2.71. The third-order valence-electron chi connectivity index (χ3n) is 5.94. The molecule has 0 unspecified atom stereocenters. The van der Waals surface area contributed by atoms with E-state index >= 15 is 0 Å². The highest BCUT2D eigenvalue weighted by Gasteiger charge is 2.42. The molecule has 28 heavy (non-hydrogen) atoms. The standard InChI is InChI=1S/C23H29NO4/c1-2-27-18-9-7-17(8-10-18)21(26)16-24-13-11-23(12-14-24)15-20(25)19-5-3-4-6-22(19)28-23/h3-10,20-21,25-26H,2,11-16H2,1H3/t20-,21-/m0/s1. The van der Waals surface area contributed by atoms with Gasteiger partial charge < -0.3 is 24.6 Å². The molecule has 2 aliphatic heterocycles. The van der Waals surface area contributed by atoms with Crippen molar-refractivity contribution in [3.8, 4) is 11.5 Å². The molecule has 150 valence electrons. The van der Waals surface area contributed by atoms with Crippen LogP contribution in [0.1, 0.15) is 49.5 Å². The highest BCUT2D eigenvalue weighted by molar-refractivity contribution is 5.38. The molecule has 2 atom stereocenters. The smallest absolute Gasteiger partial charge is 0.125 e. The van der Waals surface area contributed by atoms with Crippen molar-refractivity contribution in [1.29, 1.82) is 0 Å². The van der Waals surface area contributed by atoms with Crippen LogP contribution in [0.25, 0.3) is 0 Å². The van der Waals surface area contributed by atoms with Crippen LogP contribution >= 0.6 is 0 Å². The maximum Gasteiger partial charge on any atom is 0.125 e. The first-order valence-corrected chi connectivity index (χ1v) is 10.2. The summed E-state index contributed by atoms with van der Waals surface area (Å²) in [5, 5.41) is 21.2. The number of benzene rings is 2. The van der Waals surface area contributed by atoms with Gasteiger partial charge in [-0.25, -0.2) is 0 Å². The Kier molecular flexibility index (Phi) is 5.58. The maximum absolute atomic E-state index is 10.6. The lowest BCUT2D eigenvalue weighted by molar-refractivity contribution is -0.0587. The van der Waals surface area contributed by atoms with E-state index in [-0.39, 0.29) is 5.60 Å². The van der Waals surface area contributed by atoms with Crippen molar-refractivity contribution in [3.63, 3.8) is 0 Å². The van der Waals surface area contributed by atoms with Crippen LogP contribution in [-0.4, -0.2) is 47.0 Å². The van der Waals surface area contributed by atoms with Crippen molar-refractivity contribution in [2.45, 2.75) is 44.0 Å².